The van der Waals surface area contributed by atoms with Crippen LogP contribution in [0.1, 0.15) is 25.0 Å². The number of aromatic nitrogens is 4. The Morgan fingerprint density at radius 2 is 2.08 bits per heavy atom. The van der Waals surface area contributed by atoms with Crippen molar-refractivity contribution in [2.45, 2.75) is 31.8 Å². The lowest BCUT2D eigenvalue weighted by molar-refractivity contribution is 0.0881. The molecule has 0 radical (unpaired) electrons. The van der Waals surface area contributed by atoms with Gasteiger partial charge >= 0.3 is 0 Å². The first-order valence-electron chi connectivity index (χ1n) is 9.36. The molecule has 5 rings (SSSR count). The van der Waals surface area contributed by atoms with Gasteiger partial charge in [-0.1, -0.05) is 6.07 Å². The fraction of sp³-hybridized carbons (Fsp3) is 0.450. The number of H-pyrrole nitrogens is 1. The summed E-state index contributed by atoms with van der Waals surface area (Å²) in [6, 6.07) is 8.17. The van der Waals surface area contributed by atoms with Gasteiger partial charge in [0.05, 0.1) is 18.1 Å². The van der Waals surface area contributed by atoms with Gasteiger partial charge in [-0.3, -0.25) is 4.98 Å². The summed E-state index contributed by atoms with van der Waals surface area (Å²) in [5.41, 5.74) is 2.36. The van der Waals surface area contributed by atoms with E-state index in [4.69, 9.17) is 4.74 Å². The molecule has 134 valence electrons. The van der Waals surface area contributed by atoms with E-state index in [2.05, 4.69) is 43.0 Å². The molecule has 0 aliphatic carbocycles. The number of anilines is 1. The summed E-state index contributed by atoms with van der Waals surface area (Å²) in [5, 5.41) is 1.11. The molecule has 0 bridgehead atoms. The smallest absolute Gasteiger partial charge is 0.142 e. The average Bonchev–Trinajstić information content (AvgIpc) is 3.31. The van der Waals surface area contributed by atoms with Crippen LogP contribution >= 0.6 is 0 Å². The van der Waals surface area contributed by atoms with Gasteiger partial charge in [-0.15, -0.1) is 0 Å². The first kappa shape index (κ1) is 15.8. The Morgan fingerprint density at radius 1 is 1.15 bits per heavy atom. The molecule has 2 saturated heterocycles. The van der Waals surface area contributed by atoms with Crippen LogP contribution < -0.4 is 4.90 Å². The molecular weight excluding hydrogens is 326 g/mol. The van der Waals surface area contributed by atoms with Crippen molar-refractivity contribution in [2.24, 2.45) is 5.41 Å². The highest BCUT2D eigenvalue weighted by Crippen LogP contribution is 2.43. The highest BCUT2D eigenvalue weighted by molar-refractivity contribution is 5.87. The minimum Gasteiger partial charge on any atom is -0.377 e. The molecule has 2 aliphatic heterocycles. The van der Waals surface area contributed by atoms with Crippen molar-refractivity contribution in [3.05, 3.63) is 48.7 Å². The highest BCUT2D eigenvalue weighted by atomic mass is 16.5. The van der Waals surface area contributed by atoms with Crippen molar-refractivity contribution in [2.75, 3.05) is 24.6 Å². The van der Waals surface area contributed by atoms with Gasteiger partial charge in [-0.25, -0.2) is 9.97 Å². The molecule has 26 heavy (non-hydrogen) atoms. The van der Waals surface area contributed by atoms with Crippen molar-refractivity contribution >= 4 is 16.9 Å². The summed E-state index contributed by atoms with van der Waals surface area (Å²) in [6.45, 7) is 2.93. The fourth-order valence-electron chi connectivity index (χ4n) is 4.43. The Bertz CT molecular complexity index is 885. The van der Waals surface area contributed by atoms with E-state index in [9.17, 15) is 0 Å². The van der Waals surface area contributed by atoms with Crippen molar-refractivity contribution in [3.8, 4) is 0 Å². The normalized spacial score (nSPS) is 22.3. The van der Waals surface area contributed by atoms with E-state index in [1.165, 1.54) is 0 Å². The van der Waals surface area contributed by atoms with E-state index in [0.29, 0.717) is 11.5 Å². The lowest BCUT2D eigenvalue weighted by Gasteiger charge is -2.39. The second-order valence-electron chi connectivity index (χ2n) is 7.59. The number of piperidine rings is 1. The predicted octanol–water partition coefficient (Wildman–Crippen LogP) is 2.97. The van der Waals surface area contributed by atoms with Crippen LogP contribution in [0.25, 0.3) is 11.0 Å². The topological polar surface area (TPSA) is 66.9 Å². The number of aromatic amines is 1. The third kappa shape index (κ3) is 2.84. The second-order valence-corrected chi connectivity index (χ2v) is 7.59. The molecule has 1 spiro atoms. The molecule has 1 N–H and O–H groups in total. The number of fused-ring (bicyclic) bond motifs is 1. The molecule has 6 nitrogen and oxygen atoms in total. The largest absolute Gasteiger partial charge is 0.377 e. The maximum Gasteiger partial charge on any atom is 0.142 e. The van der Waals surface area contributed by atoms with Gasteiger partial charge in [-0.2, -0.15) is 0 Å². The number of hydrogen-bond donors (Lipinski definition) is 1. The summed E-state index contributed by atoms with van der Waals surface area (Å²) < 4.78 is 6.16. The summed E-state index contributed by atoms with van der Waals surface area (Å²) in [6.07, 6.45) is 10.1. The minimum atomic E-state index is 0.298. The summed E-state index contributed by atoms with van der Waals surface area (Å²) in [4.78, 5) is 18.9. The lowest BCUT2D eigenvalue weighted by Crippen LogP contribution is -2.41. The molecule has 2 aliphatic rings. The number of pyridine rings is 1. The predicted molar refractivity (Wildman–Crippen MR) is 100 cm³/mol. The zero-order valence-electron chi connectivity index (χ0n) is 14.8. The van der Waals surface area contributed by atoms with Crippen LogP contribution in [-0.2, 0) is 11.2 Å². The number of nitrogens with one attached hydrogen (secondary N) is 1. The van der Waals surface area contributed by atoms with Gasteiger partial charge in [0, 0.05) is 37.6 Å². The van der Waals surface area contributed by atoms with Gasteiger partial charge in [0.25, 0.3) is 0 Å². The monoisotopic (exact) mass is 349 g/mol. The van der Waals surface area contributed by atoms with E-state index in [-0.39, 0.29) is 0 Å². The fourth-order valence-corrected chi connectivity index (χ4v) is 4.43. The maximum absolute atomic E-state index is 6.16. The number of hydrogen-bond acceptors (Lipinski definition) is 5. The molecule has 0 aromatic carbocycles. The molecule has 3 aromatic heterocycles. The lowest BCUT2D eigenvalue weighted by atomic mass is 9.76. The van der Waals surface area contributed by atoms with Gasteiger partial charge in [0.15, 0.2) is 0 Å². The molecule has 0 amide bonds. The third-order valence-electron chi connectivity index (χ3n) is 5.91. The van der Waals surface area contributed by atoms with Gasteiger partial charge < -0.3 is 14.6 Å². The van der Waals surface area contributed by atoms with Crippen molar-refractivity contribution in [3.63, 3.8) is 0 Å². The van der Waals surface area contributed by atoms with Crippen molar-refractivity contribution in [1.82, 2.24) is 19.9 Å². The summed E-state index contributed by atoms with van der Waals surface area (Å²) in [5.74, 6) is 1.05. The SMILES string of the molecule is c1ccc(CC2CC3(CCN(c4ncnc5[nH]ccc45)CC3)CO2)nc1. The Hall–Kier alpha value is -2.47. The minimum absolute atomic E-state index is 0.298. The maximum atomic E-state index is 6.16. The van der Waals surface area contributed by atoms with Gasteiger partial charge in [0.1, 0.15) is 17.8 Å². The van der Waals surface area contributed by atoms with E-state index >= 15 is 0 Å². The Kier molecular flexibility index (Phi) is 3.85. The Balaban J connectivity index is 1.25. The highest BCUT2D eigenvalue weighted by Gasteiger charge is 2.42. The van der Waals surface area contributed by atoms with Crippen LogP contribution in [0.2, 0.25) is 0 Å². The second kappa shape index (κ2) is 6.36. The molecule has 1 unspecified atom stereocenters. The summed E-state index contributed by atoms with van der Waals surface area (Å²) in [7, 11) is 0. The molecule has 1 atom stereocenters. The molecular formula is C20H23N5O. The van der Waals surface area contributed by atoms with Crippen molar-refractivity contribution < 1.29 is 4.74 Å². The standard InChI is InChI=1S/C20H23N5O/c1-2-7-21-15(3-1)11-16-12-20(13-26-16)5-9-25(10-6-20)19-17-4-8-22-18(17)23-14-24-19/h1-4,7-8,14,16H,5-6,9-13H2,(H,22,23,24). The molecule has 2 fully saturated rings. The zero-order valence-corrected chi connectivity index (χ0v) is 14.8. The van der Waals surface area contributed by atoms with E-state index in [0.717, 1.165) is 67.9 Å². The summed E-state index contributed by atoms with van der Waals surface area (Å²) >= 11 is 0. The number of nitrogens with zero attached hydrogens (tertiary/aromatic N) is 4. The van der Waals surface area contributed by atoms with Crippen LogP contribution in [0.5, 0.6) is 0 Å². The Labute approximate surface area is 152 Å². The van der Waals surface area contributed by atoms with Crippen LogP contribution in [0.4, 0.5) is 5.82 Å². The van der Waals surface area contributed by atoms with E-state index < -0.39 is 0 Å². The van der Waals surface area contributed by atoms with E-state index in [1.807, 2.05) is 18.5 Å². The molecule has 3 aromatic rings. The van der Waals surface area contributed by atoms with E-state index in [1.54, 1.807) is 6.33 Å². The van der Waals surface area contributed by atoms with Gasteiger partial charge in [-0.05, 0) is 42.9 Å². The van der Waals surface area contributed by atoms with Crippen molar-refractivity contribution in [1.29, 1.82) is 0 Å². The third-order valence-corrected chi connectivity index (χ3v) is 5.91. The van der Waals surface area contributed by atoms with Crippen LogP contribution in [0, 0.1) is 5.41 Å². The van der Waals surface area contributed by atoms with Crippen LogP contribution in [-0.4, -0.2) is 45.7 Å². The van der Waals surface area contributed by atoms with Crippen LogP contribution in [0.15, 0.2) is 43.0 Å². The number of ether oxygens (including phenoxy) is 1. The molecule has 5 heterocycles. The first-order valence-corrected chi connectivity index (χ1v) is 9.36. The Morgan fingerprint density at radius 3 is 2.92 bits per heavy atom. The van der Waals surface area contributed by atoms with Gasteiger partial charge in [0.2, 0.25) is 0 Å². The molecule has 6 heteroatoms. The first-order chi connectivity index (χ1) is 12.8. The van der Waals surface area contributed by atoms with Crippen LogP contribution in [0.3, 0.4) is 0 Å². The average molecular weight is 349 g/mol. The zero-order chi connectivity index (χ0) is 17.4. The quantitative estimate of drug-likeness (QED) is 0.787. The molecule has 0 saturated carbocycles. The number of rotatable bonds is 3.